The van der Waals surface area contributed by atoms with E-state index < -0.39 is 5.97 Å². The van der Waals surface area contributed by atoms with Crippen LogP contribution in [0.4, 0.5) is 0 Å². The molecule has 2 N–H and O–H groups in total. The Morgan fingerprint density at radius 1 is 0.957 bits per heavy atom. The van der Waals surface area contributed by atoms with Crippen molar-refractivity contribution in [1.29, 1.82) is 0 Å². The molecule has 0 heterocycles. The Hall–Kier alpha value is -2.44. The van der Waals surface area contributed by atoms with Gasteiger partial charge in [0.2, 0.25) is 5.91 Å². The summed E-state index contributed by atoms with van der Waals surface area (Å²) in [4.78, 5) is 22.2. The maximum absolute atomic E-state index is 11.8. The second kappa shape index (κ2) is 9.55. The van der Waals surface area contributed by atoms with Crippen molar-refractivity contribution in [2.75, 3.05) is 21.3 Å². The van der Waals surface area contributed by atoms with E-state index in [2.05, 4.69) is 5.32 Å². The highest BCUT2D eigenvalue weighted by molar-refractivity contribution is 5.76. The van der Waals surface area contributed by atoms with Crippen LogP contribution in [0.3, 0.4) is 0 Å². The highest BCUT2D eigenvalue weighted by Crippen LogP contribution is 2.34. The number of carboxylic acid groups (broad SMARTS) is 1. The summed E-state index contributed by atoms with van der Waals surface area (Å²) < 4.78 is 15.7. The maximum Gasteiger partial charge on any atom is 0.303 e. The largest absolute Gasteiger partial charge is 0.496 e. The second-order valence-corrected chi connectivity index (χ2v) is 4.90. The predicted molar refractivity (Wildman–Crippen MR) is 84.0 cm³/mol. The summed E-state index contributed by atoms with van der Waals surface area (Å²) >= 11 is 0. The number of benzene rings is 1. The van der Waals surface area contributed by atoms with Gasteiger partial charge < -0.3 is 24.6 Å². The highest BCUT2D eigenvalue weighted by Gasteiger charge is 2.12. The number of unbranched alkanes of at least 4 members (excludes halogenated alkanes) is 1. The number of carbonyl (C=O) groups excluding carboxylic acids is 1. The van der Waals surface area contributed by atoms with Crippen LogP contribution in [0.1, 0.15) is 31.2 Å². The highest BCUT2D eigenvalue weighted by atomic mass is 16.5. The van der Waals surface area contributed by atoms with Crippen LogP contribution in [0.15, 0.2) is 12.1 Å². The zero-order valence-corrected chi connectivity index (χ0v) is 13.7. The fourth-order valence-electron chi connectivity index (χ4n) is 2.07. The van der Waals surface area contributed by atoms with Crippen molar-refractivity contribution in [3.05, 3.63) is 17.7 Å². The topological polar surface area (TPSA) is 94.1 Å². The standard InChI is InChI=1S/C16H23NO6/c1-21-12-9-14(23-3)13(22-2)8-11(12)10-17-15(18)6-4-5-7-16(19)20/h8-9H,4-7,10H2,1-3H3,(H,17,18)(H,19,20). The summed E-state index contributed by atoms with van der Waals surface area (Å²) in [5.41, 5.74) is 0.768. The van der Waals surface area contributed by atoms with E-state index in [0.29, 0.717) is 43.1 Å². The van der Waals surface area contributed by atoms with Gasteiger partial charge in [-0.15, -0.1) is 0 Å². The molecule has 0 spiro atoms. The smallest absolute Gasteiger partial charge is 0.303 e. The molecule has 7 nitrogen and oxygen atoms in total. The number of methoxy groups -OCH3 is 3. The zero-order valence-electron chi connectivity index (χ0n) is 13.7. The van der Waals surface area contributed by atoms with Crippen LogP contribution in [0.2, 0.25) is 0 Å². The number of aliphatic carboxylic acids is 1. The van der Waals surface area contributed by atoms with Gasteiger partial charge in [-0.1, -0.05) is 0 Å². The average Bonchev–Trinajstić information content (AvgIpc) is 2.55. The maximum atomic E-state index is 11.8. The van der Waals surface area contributed by atoms with Gasteiger partial charge in [-0.25, -0.2) is 0 Å². The molecule has 0 aromatic heterocycles. The Morgan fingerprint density at radius 2 is 1.52 bits per heavy atom. The zero-order chi connectivity index (χ0) is 17.2. The minimum atomic E-state index is -0.847. The molecule has 0 aliphatic carbocycles. The summed E-state index contributed by atoms with van der Waals surface area (Å²) in [5.74, 6) is 0.716. The summed E-state index contributed by atoms with van der Waals surface area (Å²) in [5, 5.41) is 11.3. The van der Waals surface area contributed by atoms with E-state index in [1.165, 1.54) is 14.2 Å². The number of amides is 1. The van der Waals surface area contributed by atoms with Gasteiger partial charge in [0.1, 0.15) is 5.75 Å². The molecular formula is C16H23NO6. The lowest BCUT2D eigenvalue weighted by molar-refractivity contribution is -0.137. The molecule has 0 aliphatic rings. The van der Waals surface area contributed by atoms with Crippen molar-refractivity contribution in [3.8, 4) is 17.2 Å². The molecular weight excluding hydrogens is 302 g/mol. The molecule has 0 unspecified atom stereocenters. The van der Waals surface area contributed by atoms with Gasteiger partial charge in [-0.05, 0) is 18.9 Å². The third kappa shape index (κ3) is 6.06. The first-order chi connectivity index (χ1) is 11.0. The Bertz CT molecular complexity index is 544. The molecule has 1 aromatic rings. The third-order valence-corrected chi connectivity index (χ3v) is 3.31. The predicted octanol–water partition coefficient (Wildman–Crippen LogP) is 1.97. The van der Waals surface area contributed by atoms with Gasteiger partial charge >= 0.3 is 5.97 Å². The molecule has 0 saturated carbocycles. The molecule has 128 valence electrons. The van der Waals surface area contributed by atoms with Crippen molar-refractivity contribution < 1.29 is 28.9 Å². The van der Waals surface area contributed by atoms with Crippen molar-refractivity contribution in [1.82, 2.24) is 5.32 Å². The molecule has 0 radical (unpaired) electrons. The first kappa shape index (κ1) is 18.6. The van der Waals surface area contributed by atoms with Crippen LogP contribution < -0.4 is 19.5 Å². The molecule has 1 aromatic carbocycles. The van der Waals surface area contributed by atoms with Crippen LogP contribution in [0.25, 0.3) is 0 Å². The summed E-state index contributed by atoms with van der Waals surface area (Å²) in [6, 6.07) is 3.45. The molecule has 0 bridgehead atoms. The van der Waals surface area contributed by atoms with Gasteiger partial charge in [0.25, 0.3) is 0 Å². The minimum Gasteiger partial charge on any atom is -0.496 e. The van der Waals surface area contributed by atoms with E-state index in [1.54, 1.807) is 19.2 Å². The van der Waals surface area contributed by atoms with Crippen molar-refractivity contribution in [2.24, 2.45) is 0 Å². The molecule has 23 heavy (non-hydrogen) atoms. The molecule has 0 fully saturated rings. The summed E-state index contributed by atoms with van der Waals surface area (Å²) in [7, 11) is 4.61. The van der Waals surface area contributed by atoms with Gasteiger partial charge in [0, 0.05) is 31.0 Å². The van der Waals surface area contributed by atoms with Gasteiger partial charge in [-0.3, -0.25) is 9.59 Å². The van der Waals surface area contributed by atoms with Crippen molar-refractivity contribution in [3.63, 3.8) is 0 Å². The van der Waals surface area contributed by atoms with Gasteiger partial charge in [0.05, 0.1) is 21.3 Å². The minimum absolute atomic E-state index is 0.0801. The first-order valence-corrected chi connectivity index (χ1v) is 7.29. The Labute approximate surface area is 135 Å². The fraction of sp³-hybridized carbons (Fsp3) is 0.500. The van der Waals surface area contributed by atoms with Crippen LogP contribution in [0, 0.1) is 0 Å². The quantitative estimate of drug-likeness (QED) is 0.639. The Balaban J connectivity index is 2.59. The number of carbonyl (C=O) groups is 2. The van der Waals surface area contributed by atoms with Crippen molar-refractivity contribution >= 4 is 11.9 Å². The SMILES string of the molecule is COc1cc(OC)c(OC)cc1CNC(=O)CCCCC(=O)O. The van der Waals surface area contributed by atoms with E-state index in [4.69, 9.17) is 19.3 Å². The third-order valence-electron chi connectivity index (χ3n) is 3.31. The van der Waals surface area contributed by atoms with E-state index in [9.17, 15) is 9.59 Å². The van der Waals surface area contributed by atoms with Crippen LogP contribution in [-0.4, -0.2) is 38.3 Å². The second-order valence-electron chi connectivity index (χ2n) is 4.90. The van der Waals surface area contributed by atoms with Crippen LogP contribution in [-0.2, 0) is 16.1 Å². The number of rotatable bonds is 10. The van der Waals surface area contributed by atoms with E-state index in [-0.39, 0.29) is 12.3 Å². The molecule has 7 heteroatoms. The molecule has 1 rings (SSSR count). The fourth-order valence-corrected chi connectivity index (χ4v) is 2.07. The van der Waals surface area contributed by atoms with E-state index >= 15 is 0 Å². The summed E-state index contributed by atoms with van der Waals surface area (Å²) in [6.45, 7) is 0.293. The number of ether oxygens (including phenoxy) is 3. The monoisotopic (exact) mass is 325 g/mol. The number of hydrogen-bond acceptors (Lipinski definition) is 5. The lowest BCUT2D eigenvalue weighted by Gasteiger charge is -2.14. The number of hydrogen-bond donors (Lipinski definition) is 2. The average molecular weight is 325 g/mol. The van der Waals surface area contributed by atoms with Gasteiger partial charge in [-0.2, -0.15) is 0 Å². The van der Waals surface area contributed by atoms with E-state index in [1.807, 2.05) is 0 Å². The van der Waals surface area contributed by atoms with Crippen LogP contribution >= 0.6 is 0 Å². The Morgan fingerprint density at radius 3 is 2.09 bits per heavy atom. The molecule has 1 amide bonds. The lowest BCUT2D eigenvalue weighted by Crippen LogP contribution is -2.22. The Kier molecular flexibility index (Phi) is 7.73. The first-order valence-electron chi connectivity index (χ1n) is 7.29. The van der Waals surface area contributed by atoms with Gasteiger partial charge in [0.15, 0.2) is 11.5 Å². The summed E-state index contributed by atoms with van der Waals surface area (Å²) in [6.07, 6.45) is 1.41. The van der Waals surface area contributed by atoms with E-state index in [0.717, 1.165) is 5.56 Å². The molecule has 0 aliphatic heterocycles. The van der Waals surface area contributed by atoms with Crippen molar-refractivity contribution in [2.45, 2.75) is 32.2 Å². The normalized spacial score (nSPS) is 10.0. The molecule has 0 atom stereocenters. The molecule has 0 saturated heterocycles. The number of nitrogens with one attached hydrogen (secondary N) is 1. The number of carboxylic acids is 1. The van der Waals surface area contributed by atoms with Crippen LogP contribution in [0.5, 0.6) is 17.2 Å². The lowest BCUT2D eigenvalue weighted by atomic mass is 10.1.